The van der Waals surface area contributed by atoms with E-state index in [-0.39, 0.29) is 6.10 Å². The number of carbonyl (C=O) groups is 1. The van der Waals surface area contributed by atoms with Gasteiger partial charge in [0.1, 0.15) is 11.5 Å². The molecule has 0 bridgehead atoms. The van der Waals surface area contributed by atoms with E-state index in [0.717, 1.165) is 17.1 Å². The molecule has 1 aliphatic rings. The van der Waals surface area contributed by atoms with Gasteiger partial charge in [0.05, 0.1) is 12.4 Å². The third kappa shape index (κ3) is 4.13. The zero-order valence-corrected chi connectivity index (χ0v) is 13.7. The van der Waals surface area contributed by atoms with Crippen molar-refractivity contribution in [2.75, 3.05) is 0 Å². The van der Waals surface area contributed by atoms with Crippen molar-refractivity contribution in [2.45, 2.75) is 32.8 Å². The summed E-state index contributed by atoms with van der Waals surface area (Å²) in [7, 11) is 0. The van der Waals surface area contributed by atoms with E-state index in [1.807, 2.05) is 50.2 Å². The third-order valence-electron chi connectivity index (χ3n) is 3.39. The van der Waals surface area contributed by atoms with E-state index >= 15 is 0 Å². The van der Waals surface area contributed by atoms with Gasteiger partial charge in [0.15, 0.2) is 11.6 Å². The van der Waals surface area contributed by atoms with Crippen molar-refractivity contribution in [1.82, 2.24) is 0 Å². The molecule has 5 heteroatoms. The number of cyclic esters (lactones) is 1. The molecule has 1 aromatic heterocycles. The second kappa shape index (κ2) is 7.17. The Morgan fingerprint density at radius 2 is 1.96 bits per heavy atom. The van der Waals surface area contributed by atoms with Crippen LogP contribution in [-0.4, -0.2) is 18.0 Å². The molecular formula is C19H19NO4. The van der Waals surface area contributed by atoms with E-state index in [0.29, 0.717) is 24.4 Å². The first-order valence-electron chi connectivity index (χ1n) is 7.91. The smallest absolute Gasteiger partial charge is 0.363 e. The Kier molecular flexibility index (Phi) is 4.79. The van der Waals surface area contributed by atoms with E-state index < -0.39 is 5.97 Å². The molecule has 2 heterocycles. The van der Waals surface area contributed by atoms with Crippen molar-refractivity contribution in [3.8, 4) is 5.75 Å². The number of carbonyl (C=O) groups excluding carboxylic acids is 1. The highest BCUT2D eigenvalue weighted by molar-refractivity contribution is 6.07. The van der Waals surface area contributed by atoms with Gasteiger partial charge >= 0.3 is 5.97 Å². The topological polar surface area (TPSA) is 61.0 Å². The van der Waals surface area contributed by atoms with Crippen LogP contribution in [0.25, 0.3) is 6.08 Å². The van der Waals surface area contributed by atoms with Crippen LogP contribution in [0.2, 0.25) is 0 Å². The van der Waals surface area contributed by atoms with Crippen LogP contribution in [0.15, 0.2) is 57.8 Å². The highest BCUT2D eigenvalue weighted by Crippen LogP contribution is 2.20. The molecule has 0 amide bonds. The van der Waals surface area contributed by atoms with Crippen LogP contribution in [0.1, 0.15) is 31.6 Å². The van der Waals surface area contributed by atoms with Gasteiger partial charge in [0, 0.05) is 12.8 Å². The molecule has 0 spiro atoms. The molecule has 124 valence electrons. The predicted octanol–water partition coefficient (Wildman–Crippen LogP) is 4.00. The molecule has 24 heavy (non-hydrogen) atoms. The number of nitrogens with zero attached hydrogens (tertiary/aromatic N) is 1. The van der Waals surface area contributed by atoms with E-state index in [1.54, 1.807) is 12.3 Å². The van der Waals surface area contributed by atoms with Crippen LogP contribution in [0.4, 0.5) is 0 Å². The van der Waals surface area contributed by atoms with Gasteiger partial charge in [-0.2, -0.15) is 0 Å². The van der Waals surface area contributed by atoms with Gasteiger partial charge in [-0.15, -0.1) is 0 Å². The summed E-state index contributed by atoms with van der Waals surface area (Å²) in [6.07, 6.45) is 4.63. The Labute approximate surface area is 140 Å². The summed E-state index contributed by atoms with van der Waals surface area (Å²) < 4.78 is 16.1. The van der Waals surface area contributed by atoms with Crippen LogP contribution >= 0.6 is 0 Å². The predicted molar refractivity (Wildman–Crippen MR) is 90.7 cm³/mol. The fourth-order valence-electron chi connectivity index (χ4n) is 2.32. The highest BCUT2D eigenvalue weighted by atomic mass is 16.6. The second-order valence-electron chi connectivity index (χ2n) is 5.74. The minimum absolute atomic E-state index is 0.125. The summed E-state index contributed by atoms with van der Waals surface area (Å²) in [5.41, 5.74) is 1.18. The number of rotatable bonds is 6. The zero-order valence-electron chi connectivity index (χ0n) is 13.7. The summed E-state index contributed by atoms with van der Waals surface area (Å²) in [5.74, 6) is 1.63. The summed E-state index contributed by atoms with van der Waals surface area (Å²) in [5, 5.41) is 0. The normalized spacial score (nSPS) is 15.7. The molecule has 0 saturated heterocycles. The molecule has 2 aromatic rings. The van der Waals surface area contributed by atoms with Gasteiger partial charge in [0.25, 0.3) is 0 Å². The number of esters is 1. The molecule has 0 fully saturated rings. The van der Waals surface area contributed by atoms with E-state index in [1.165, 1.54) is 0 Å². The van der Waals surface area contributed by atoms with Gasteiger partial charge in [-0.3, -0.25) is 0 Å². The molecule has 0 saturated carbocycles. The van der Waals surface area contributed by atoms with Crippen molar-refractivity contribution in [2.24, 2.45) is 4.99 Å². The average molecular weight is 325 g/mol. The first kappa shape index (κ1) is 16.1. The number of furan rings is 1. The summed E-state index contributed by atoms with van der Waals surface area (Å²) in [6, 6.07) is 11.2. The van der Waals surface area contributed by atoms with Crippen LogP contribution in [0, 0.1) is 0 Å². The quantitative estimate of drug-likeness (QED) is 0.595. The number of ether oxygens (including phenoxy) is 2. The highest BCUT2D eigenvalue weighted by Gasteiger charge is 2.22. The lowest BCUT2D eigenvalue weighted by Gasteiger charge is -2.09. The lowest BCUT2D eigenvalue weighted by Crippen LogP contribution is -2.05. The molecule has 1 aromatic carbocycles. The molecule has 0 N–H and O–H groups in total. The van der Waals surface area contributed by atoms with Crippen molar-refractivity contribution < 1.29 is 18.7 Å². The van der Waals surface area contributed by atoms with Crippen molar-refractivity contribution in [3.05, 3.63) is 59.7 Å². The first-order valence-corrected chi connectivity index (χ1v) is 7.91. The molecule has 5 nitrogen and oxygen atoms in total. The van der Waals surface area contributed by atoms with Gasteiger partial charge in [-0.1, -0.05) is 12.1 Å². The third-order valence-corrected chi connectivity index (χ3v) is 3.39. The molecule has 1 aliphatic heterocycles. The summed E-state index contributed by atoms with van der Waals surface area (Å²) in [6.45, 7) is 3.95. The molecule has 0 unspecified atom stereocenters. The van der Waals surface area contributed by atoms with Gasteiger partial charge < -0.3 is 13.9 Å². The largest absolute Gasteiger partial charge is 0.491 e. The van der Waals surface area contributed by atoms with Crippen LogP contribution < -0.4 is 4.74 Å². The van der Waals surface area contributed by atoms with Crippen LogP contribution in [0.5, 0.6) is 5.75 Å². The van der Waals surface area contributed by atoms with Crippen molar-refractivity contribution in [3.63, 3.8) is 0 Å². The number of hydrogen-bond acceptors (Lipinski definition) is 5. The molecule has 0 radical (unpaired) electrons. The van der Waals surface area contributed by atoms with Gasteiger partial charge in [-0.05, 0) is 49.8 Å². The molecule has 0 atom stereocenters. The lowest BCUT2D eigenvalue weighted by molar-refractivity contribution is -0.130. The van der Waals surface area contributed by atoms with Crippen molar-refractivity contribution in [1.29, 1.82) is 0 Å². The van der Waals surface area contributed by atoms with E-state index in [2.05, 4.69) is 4.99 Å². The molecular weight excluding hydrogens is 306 g/mol. The second-order valence-corrected chi connectivity index (χ2v) is 5.74. The Bertz CT molecular complexity index is 755. The Morgan fingerprint density at radius 1 is 1.17 bits per heavy atom. The SMILES string of the molecule is CC(C)Oc1ccc(/C=C2/N=C(CCc3ccco3)OC2=O)cc1. The van der Waals surface area contributed by atoms with E-state index in [9.17, 15) is 4.79 Å². The molecule has 0 aliphatic carbocycles. The fourth-order valence-corrected chi connectivity index (χ4v) is 2.32. The van der Waals surface area contributed by atoms with Gasteiger partial charge in [-0.25, -0.2) is 9.79 Å². The maximum atomic E-state index is 11.9. The minimum Gasteiger partial charge on any atom is -0.491 e. The number of aryl methyl sites for hydroxylation is 1. The molecule has 3 rings (SSSR count). The zero-order chi connectivity index (χ0) is 16.9. The Hall–Kier alpha value is -2.82. The standard InChI is InChI=1S/C19H19NO4/c1-13(2)23-16-7-5-14(6-8-16)12-17-19(21)24-18(20-17)10-9-15-4-3-11-22-15/h3-8,11-13H,9-10H2,1-2H3/b17-12+. The average Bonchev–Trinajstić information content (AvgIpc) is 3.17. The maximum absolute atomic E-state index is 11.9. The Morgan fingerprint density at radius 3 is 2.62 bits per heavy atom. The first-order chi connectivity index (χ1) is 11.6. The van der Waals surface area contributed by atoms with Crippen molar-refractivity contribution >= 4 is 17.9 Å². The number of aliphatic imine (C=N–C) groups is 1. The lowest BCUT2D eigenvalue weighted by atomic mass is 10.2. The van der Waals surface area contributed by atoms with Crippen LogP contribution in [-0.2, 0) is 16.0 Å². The minimum atomic E-state index is -0.424. The Balaban J connectivity index is 1.66. The monoisotopic (exact) mass is 325 g/mol. The maximum Gasteiger partial charge on any atom is 0.363 e. The van der Waals surface area contributed by atoms with E-state index in [4.69, 9.17) is 13.9 Å². The fraction of sp³-hybridized carbons (Fsp3) is 0.263. The van der Waals surface area contributed by atoms with Gasteiger partial charge in [0.2, 0.25) is 0 Å². The number of benzene rings is 1. The van der Waals surface area contributed by atoms with Crippen LogP contribution in [0.3, 0.4) is 0 Å². The summed E-state index contributed by atoms with van der Waals surface area (Å²) in [4.78, 5) is 16.2. The summed E-state index contributed by atoms with van der Waals surface area (Å²) >= 11 is 0. The number of hydrogen-bond donors (Lipinski definition) is 0.